The van der Waals surface area contributed by atoms with Gasteiger partial charge in [-0.1, -0.05) is 19.8 Å². The minimum atomic E-state index is -0.722. The Kier molecular flexibility index (Phi) is 5.12. The summed E-state index contributed by atoms with van der Waals surface area (Å²) < 4.78 is 0. The van der Waals surface area contributed by atoms with Gasteiger partial charge in [0.2, 0.25) is 5.91 Å². The van der Waals surface area contributed by atoms with Crippen LogP contribution < -0.4 is 11.1 Å². The van der Waals surface area contributed by atoms with E-state index in [0.29, 0.717) is 17.7 Å². The Morgan fingerprint density at radius 2 is 2.12 bits per heavy atom. The molecule has 0 saturated heterocycles. The highest BCUT2D eigenvalue weighted by Gasteiger charge is 2.31. The maximum absolute atomic E-state index is 12.0. The second kappa shape index (κ2) is 5.92. The van der Waals surface area contributed by atoms with E-state index < -0.39 is 5.54 Å². The summed E-state index contributed by atoms with van der Waals surface area (Å²) in [5, 5.41) is 3.69. The molecule has 1 aliphatic rings. The van der Waals surface area contributed by atoms with Crippen LogP contribution in [0.3, 0.4) is 0 Å². The minimum absolute atomic E-state index is 0.000880. The van der Waals surface area contributed by atoms with E-state index in [4.69, 9.17) is 5.73 Å². The Balaban J connectivity index is 2.54. The number of carbonyl (C=O) groups excluding carboxylic acids is 1. The summed E-state index contributed by atoms with van der Waals surface area (Å²) in [4.78, 5) is 12.0. The van der Waals surface area contributed by atoms with Crippen LogP contribution in [-0.2, 0) is 4.79 Å². The normalized spacial score (nSPS) is 29.5. The molecule has 3 unspecified atom stereocenters. The first-order chi connectivity index (χ1) is 7.51. The minimum Gasteiger partial charge on any atom is -0.351 e. The molecule has 3 atom stereocenters. The monoisotopic (exact) mass is 244 g/mol. The van der Waals surface area contributed by atoms with Crippen molar-refractivity contribution in [1.29, 1.82) is 0 Å². The summed E-state index contributed by atoms with van der Waals surface area (Å²) in [6, 6.07) is 0.311. The third-order valence-electron chi connectivity index (χ3n) is 3.57. The van der Waals surface area contributed by atoms with E-state index >= 15 is 0 Å². The average molecular weight is 244 g/mol. The number of amides is 1. The van der Waals surface area contributed by atoms with Crippen molar-refractivity contribution in [1.82, 2.24) is 5.32 Å². The van der Waals surface area contributed by atoms with Gasteiger partial charge in [0.15, 0.2) is 0 Å². The van der Waals surface area contributed by atoms with E-state index in [1.807, 2.05) is 18.7 Å². The van der Waals surface area contributed by atoms with Crippen molar-refractivity contribution in [2.75, 3.05) is 6.26 Å². The van der Waals surface area contributed by atoms with Gasteiger partial charge in [0.25, 0.3) is 0 Å². The highest BCUT2D eigenvalue weighted by Crippen LogP contribution is 2.27. The van der Waals surface area contributed by atoms with Crippen molar-refractivity contribution < 1.29 is 4.79 Å². The van der Waals surface area contributed by atoms with Crippen LogP contribution >= 0.6 is 11.8 Å². The van der Waals surface area contributed by atoms with Crippen LogP contribution in [0.5, 0.6) is 0 Å². The molecule has 1 fully saturated rings. The lowest BCUT2D eigenvalue weighted by atomic mass is 9.92. The Morgan fingerprint density at radius 1 is 1.50 bits per heavy atom. The zero-order valence-electron chi connectivity index (χ0n) is 10.6. The zero-order chi connectivity index (χ0) is 12.2. The Bertz CT molecular complexity index is 243. The first-order valence-corrected chi connectivity index (χ1v) is 7.42. The van der Waals surface area contributed by atoms with Gasteiger partial charge in [0.1, 0.15) is 0 Å². The van der Waals surface area contributed by atoms with Crippen molar-refractivity contribution >= 4 is 17.7 Å². The molecule has 4 heteroatoms. The quantitative estimate of drug-likeness (QED) is 0.794. The lowest BCUT2D eigenvalue weighted by Crippen LogP contribution is -2.56. The molecule has 0 aromatic heterocycles. The maximum atomic E-state index is 12.0. The van der Waals surface area contributed by atoms with Gasteiger partial charge in [0.05, 0.1) is 5.54 Å². The largest absolute Gasteiger partial charge is 0.351 e. The number of thioether (sulfide) groups is 1. The molecule has 1 aliphatic carbocycles. The predicted octanol–water partition coefficient (Wildman–Crippen LogP) is 1.90. The Labute approximate surface area is 103 Å². The molecule has 1 rings (SSSR count). The van der Waals surface area contributed by atoms with Gasteiger partial charge in [-0.25, -0.2) is 0 Å². The van der Waals surface area contributed by atoms with E-state index in [-0.39, 0.29) is 5.91 Å². The number of nitrogens with two attached hydrogens (primary N) is 1. The molecule has 1 amide bonds. The molecule has 0 radical (unpaired) electrons. The fraction of sp³-hybridized carbons (Fsp3) is 0.917. The predicted molar refractivity (Wildman–Crippen MR) is 70.6 cm³/mol. The molecule has 16 heavy (non-hydrogen) atoms. The van der Waals surface area contributed by atoms with Gasteiger partial charge in [-0.2, -0.15) is 11.8 Å². The summed E-state index contributed by atoms with van der Waals surface area (Å²) in [5.74, 6) is 0.000880. The third kappa shape index (κ3) is 3.39. The van der Waals surface area contributed by atoms with Crippen LogP contribution in [0.4, 0.5) is 0 Å². The molecule has 0 heterocycles. The van der Waals surface area contributed by atoms with Crippen LogP contribution in [0.2, 0.25) is 0 Å². The lowest BCUT2D eigenvalue weighted by molar-refractivity contribution is -0.126. The Morgan fingerprint density at radius 3 is 2.69 bits per heavy atom. The maximum Gasteiger partial charge on any atom is 0.240 e. The number of hydrogen-bond donors (Lipinski definition) is 2. The van der Waals surface area contributed by atoms with E-state index in [2.05, 4.69) is 11.6 Å². The zero-order valence-corrected chi connectivity index (χ0v) is 11.4. The van der Waals surface area contributed by atoms with Gasteiger partial charge in [-0.05, 0) is 32.4 Å². The van der Waals surface area contributed by atoms with Crippen LogP contribution in [-0.4, -0.2) is 29.0 Å². The highest BCUT2D eigenvalue weighted by molar-refractivity contribution is 7.99. The van der Waals surface area contributed by atoms with Crippen LogP contribution in [0.1, 0.15) is 46.0 Å². The smallest absolute Gasteiger partial charge is 0.240 e. The van der Waals surface area contributed by atoms with Crippen molar-refractivity contribution in [3.63, 3.8) is 0 Å². The van der Waals surface area contributed by atoms with Crippen molar-refractivity contribution in [3.05, 3.63) is 0 Å². The molecule has 0 aromatic rings. The molecule has 94 valence electrons. The number of carbonyl (C=O) groups is 1. The first-order valence-electron chi connectivity index (χ1n) is 6.14. The fourth-order valence-corrected chi connectivity index (χ4v) is 2.97. The van der Waals surface area contributed by atoms with Gasteiger partial charge < -0.3 is 11.1 Å². The van der Waals surface area contributed by atoms with Gasteiger partial charge in [-0.15, -0.1) is 0 Å². The standard InChI is InChI=1S/C12H24N2OS/c1-4-12(2,13)11(15)14-9-7-5-6-8-10(9)16-3/h9-10H,4-8,13H2,1-3H3,(H,14,15). The Hall–Kier alpha value is -0.220. The van der Waals surface area contributed by atoms with Crippen LogP contribution in [0.25, 0.3) is 0 Å². The molecule has 0 aliphatic heterocycles. The summed E-state index contributed by atoms with van der Waals surface area (Å²) in [5.41, 5.74) is 5.22. The molecule has 0 aromatic carbocycles. The molecular formula is C12H24N2OS. The SMILES string of the molecule is CCC(C)(N)C(=O)NC1CCCCC1SC. The molecular weight excluding hydrogens is 220 g/mol. The highest BCUT2D eigenvalue weighted by atomic mass is 32.2. The van der Waals surface area contributed by atoms with E-state index in [1.165, 1.54) is 19.3 Å². The summed E-state index contributed by atoms with van der Waals surface area (Å²) in [7, 11) is 0. The molecule has 3 N–H and O–H groups in total. The number of rotatable bonds is 4. The van der Waals surface area contributed by atoms with Crippen LogP contribution in [0.15, 0.2) is 0 Å². The van der Waals surface area contributed by atoms with Gasteiger partial charge in [0, 0.05) is 11.3 Å². The third-order valence-corrected chi connectivity index (χ3v) is 4.74. The van der Waals surface area contributed by atoms with E-state index in [9.17, 15) is 4.79 Å². The number of hydrogen-bond acceptors (Lipinski definition) is 3. The molecule has 1 saturated carbocycles. The number of nitrogens with one attached hydrogen (secondary N) is 1. The topological polar surface area (TPSA) is 55.1 Å². The molecule has 0 bridgehead atoms. The lowest BCUT2D eigenvalue weighted by Gasteiger charge is -2.33. The van der Waals surface area contributed by atoms with Crippen molar-refractivity contribution in [3.8, 4) is 0 Å². The van der Waals surface area contributed by atoms with Gasteiger partial charge >= 0.3 is 0 Å². The summed E-state index contributed by atoms with van der Waals surface area (Å²) in [6.45, 7) is 3.76. The van der Waals surface area contributed by atoms with E-state index in [0.717, 1.165) is 6.42 Å². The fourth-order valence-electron chi connectivity index (χ4n) is 2.04. The second-order valence-electron chi connectivity index (χ2n) is 4.91. The summed E-state index contributed by atoms with van der Waals surface area (Å²) >= 11 is 1.86. The molecule has 3 nitrogen and oxygen atoms in total. The van der Waals surface area contributed by atoms with Crippen molar-refractivity contribution in [2.45, 2.75) is 62.8 Å². The first kappa shape index (κ1) is 13.8. The van der Waals surface area contributed by atoms with Gasteiger partial charge in [-0.3, -0.25) is 4.79 Å². The molecule has 0 spiro atoms. The van der Waals surface area contributed by atoms with Crippen molar-refractivity contribution in [2.24, 2.45) is 5.73 Å². The van der Waals surface area contributed by atoms with E-state index in [1.54, 1.807) is 6.92 Å². The second-order valence-corrected chi connectivity index (χ2v) is 5.99. The summed E-state index contributed by atoms with van der Waals surface area (Å²) in [6.07, 6.45) is 7.60. The van der Waals surface area contributed by atoms with Crippen LogP contribution in [0, 0.1) is 0 Å². The average Bonchev–Trinajstić information content (AvgIpc) is 2.29.